The quantitative estimate of drug-likeness (QED) is 0.871. The largest absolute Gasteiger partial charge is 0.342 e. The third-order valence-corrected chi connectivity index (χ3v) is 4.19. The predicted molar refractivity (Wildman–Crippen MR) is 81.9 cm³/mol. The molecular formula is C13H19BrN2O3S. The number of halogens is 1. The molecule has 1 rings (SSSR count). The highest BCUT2D eigenvalue weighted by Crippen LogP contribution is 2.20. The Morgan fingerprint density at radius 1 is 1.35 bits per heavy atom. The van der Waals surface area contributed by atoms with Crippen LogP contribution in [0.4, 0.5) is 0 Å². The first-order valence-corrected chi connectivity index (χ1v) is 8.54. The van der Waals surface area contributed by atoms with Crippen LogP contribution < -0.4 is 5.14 Å². The molecule has 2 N–H and O–H groups in total. The van der Waals surface area contributed by atoms with Crippen molar-refractivity contribution in [1.29, 1.82) is 0 Å². The molecular weight excluding hydrogens is 344 g/mol. The molecule has 1 aromatic rings. The zero-order valence-electron chi connectivity index (χ0n) is 11.8. The number of nitrogens with zero attached hydrogens (tertiary/aromatic N) is 1. The van der Waals surface area contributed by atoms with Crippen LogP contribution in [0.25, 0.3) is 0 Å². The van der Waals surface area contributed by atoms with Crippen LogP contribution in [0.3, 0.4) is 0 Å². The molecule has 0 saturated carbocycles. The summed E-state index contributed by atoms with van der Waals surface area (Å²) in [6.45, 7) is 4.78. The molecule has 0 aliphatic heterocycles. The number of nitrogens with two attached hydrogens (primary N) is 1. The first-order valence-electron chi connectivity index (χ1n) is 6.20. The molecule has 1 amide bonds. The van der Waals surface area contributed by atoms with Crippen molar-refractivity contribution in [2.45, 2.75) is 25.2 Å². The Morgan fingerprint density at radius 3 is 2.45 bits per heavy atom. The van der Waals surface area contributed by atoms with Gasteiger partial charge in [-0.05, 0) is 30.5 Å². The van der Waals surface area contributed by atoms with Gasteiger partial charge in [-0.15, -0.1) is 0 Å². The van der Waals surface area contributed by atoms with Crippen LogP contribution in [0.5, 0.6) is 0 Å². The number of rotatable bonds is 5. The van der Waals surface area contributed by atoms with Gasteiger partial charge in [0, 0.05) is 23.6 Å². The van der Waals surface area contributed by atoms with E-state index >= 15 is 0 Å². The molecule has 5 nitrogen and oxygen atoms in total. The van der Waals surface area contributed by atoms with Gasteiger partial charge in [-0.1, -0.05) is 29.8 Å². The maximum atomic E-state index is 12.3. The van der Waals surface area contributed by atoms with E-state index in [1.807, 2.05) is 0 Å². The van der Waals surface area contributed by atoms with Crippen molar-refractivity contribution in [2.75, 3.05) is 13.6 Å². The lowest BCUT2D eigenvalue weighted by Crippen LogP contribution is -2.28. The molecule has 0 aromatic heterocycles. The van der Waals surface area contributed by atoms with E-state index in [1.165, 1.54) is 12.1 Å². The van der Waals surface area contributed by atoms with E-state index in [9.17, 15) is 13.2 Å². The third-order valence-electron chi connectivity index (χ3n) is 2.84. The summed E-state index contributed by atoms with van der Waals surface area (Å²) in [7, 11) is -2.14. The first kappa shape index (κ1) is 17.1. The predicted octanol–water partition coefficient (Wildman–Crippen LogP) is 2.21. The van der Waals surface area contributed by atoms with Crippen LogP contribution >= 0.6 is 15.9 Å². The first-order chi connectivity index (χ1) is 9.11. The molecule has 0 spiro atoms. The summed E-state index contributed by atoms with van der Waals surface area (Å²) in [6.07, 6.45) is 0.887. The number of amides is 1. The Hall–Kier alpha value is -0.920. The van der Waals surface area contributed by atoms with Gasteiger partial charge in [0.2, 0.25) is 10.0 Å². The van der Waals surface area contributed by atoms with Crippen molar-refractivity contribution in [3.05, 3.63) is 28.2 Å². The lowest BCUT2D eigenvalue weighted by molar-refractivity contribution is 0.0789. The Bertz CT molecular complexity index is 600. The van der Waals surface area contributed by atoms with E-state index in [0.717, 1.165) is 6.42 Å². The second-order valence-corrected chi connectivity index (χ2v) is 7.61. The number of carbonyl (C=O) groups is 1. The van der Waals surface area contributed by atoms with Crippen molar-refractivity contribution < 1.29 is 13.2 Å². The molecule has 112 valence electrons. The maximum absolute atomic E-state index is 12.3. The van der Waals surface area contributed by atoms with E-state index in [-0.39, 0.29) is 10.8 Å². The van der Waals surface area contributed by atoms with E-state index in [0.29, 0.717) is 22.5 Å². The fourth-order valence-electron chi connectivity index (χ4n) is 1.62. The number of sulfonamides is 1. The molecule has 0 aliphatic carbocycles. The van der Waals surface area contributed by atoms with Crippen LogP contribution in [0.1, 0.15) is 30.6 Å². The standard InChI is InChI=1S/C13H19BrN2O3S/c1-9(2)4-5-16(3)13(17)10-6-11(14)8-12(7-10)20(15,18)19/h6-9H,4-5H2,1-3H3,(H2,15,18,19). The molecule has 0 atom stereocenters. The number of primary sulfonamides is 1. The van der Waals surface area contributed by atoms with Gasteiger partial charge in [-0.25, -0.2) is 13.6 Å². The minimum atomic E-state index is -3.83. The fourth-order valence-corrected chi connectivity index (χ4v) is 2.85. The van der Waals surface area contributed by atoms with Crippen molar-refractivity contribution in [3.8, 4) is 0 Å². The second kappa shape index (κ2) is 6.69. The van der Waals surface area contributed by atoms with Gasteiger partial charge in [0.25, 0.3) is 5.91 Å². The van der Waals surface area contributed by atoms with E-state index in [2.05, 4.69) is 29.8 Å². The van der Waals surface area contributed by atoms with Crippen LogP contribution in [0, 0.1) is 5.92 Å². The van der Waals surface area contributed by atoms with Crippen molar-refractivity contribution >= 4 is 31.9 Å². The maximum Gasteiger partial charge on any atom is 0.253 e. The summed E-state index contributed by atoms with van der Waals surface area (Å²) in [4.78, 5) is 13.8. The molecule has 7 heteroatoms. The fraction of sp³-hybridized carbons (Fsp3) is 0.462. The van der Waals surface area contributed by atoms with E-state index < -0.39 is 10.0 Å². The Kier molecular flexibility index (Phi) is 5.73. The van der Waals surface area contributed by atoms with Gasteiger partial charge in [0.05, 0.1) is 4.90 Å². The SMILES string of the molecule is CC(C)CCN(C)C(=O)c1cc(Br)cc(S(N)(=O)=O)c1. The summed E-state index contributed by atoms with van der Waals surface area (Å²) in [6, 6.07) is 4.26. The van der Waals surface area contributed by atoms with Gasteiger partial charge in [-0.3, -0.25) is 4.79 Å². The van der Waals surface area contributed by atoms with Gasteiger partial charge in [-0.2, -0.15) is 0 Å². The number of hydrogen-bond donors (Lipinski definition) is 1. The summed E-state index contributed by atoms with van der Waals surface area (Å²) >= 11 is 3.19. The molecule has 0 heterocycles. The molecule has 0 aliphatic rings. The smallest absolute Gasteiger partial charge is 0.253 e. The summed E-state index contributed by atoms with van der Waals surface area (Å²) in [5, 5.41) is 5.10. The molecule has 20 heavy (non-hydrogen) atoms. The average Bonchev–Trinajstić information content (AvgIpc) is 2.33. The highest BCUT2D eigenvalue weighted by atomic mass is 79.9. The monoisotopic (exact) mass is 362 g/mol. The van der Waals surface area contributed by atoms with E-state index in [1.54, 1.807) is 18.0 Å². The van der Waals surface area contributed by atoms with Crippen LogP contribution in [0.15, 0.2) is 27.6 Å². The minimum absolute atomic E-state index is 0.0764. The van der Waals surface area contributed by atoms with Gasteiger partial charge in [0.15, 0.2) is 0 Å². The minimum Gasteiger partial charge on any atom is -0.342 e. The molecule has 0 unspecified atom stereocenters. The lowest BCUT2D eigenvalue weighted by Gasteiger charge is -2.18. The van der Waals surface area contributed by atoms with E-state index in [4.69, 9.17) is 5.14 Å². The second-order valence-electron chi connectivity index (χ2n) is 5.13. The summed E-state index contributed by atoms with van der Waals surface area (Å²) in [5.74, 6) is 0.268. The molecule has 0 bridgehead atoms. The van der Waals surface area contributed by atoms with Crippen LogP contribution in [0.2, 0.25) is 0 Å². The van der Waals surface area contributed by atoms with Crippen LogP contribution in [-0.4, -0.2) is 32.8 Å². The normalized spacial score (nSPS) is 11.7. The van der Waals surface area contributed by atoms with Crippen molar-refractivity contribution in [3.63, 3.8) is 0 Å². The number of benzene rings is 1. The molecule has 0 fully saturated rings. The molecule has 1 aromatic carbocycles. The molecule has 0 radical (unpaired) electrons. The number of hydrogen-bond acceptors (Lipinski definition) is 3. The number of carbonyl (C=O) groups excluding carboxylic acids is 1. The molecule has 0 saturated heterocycles. The zero-order chi connectivity index (χ0) is 15.5. The highest BCUT2D eigenvalue weighted by Gasteiger charge is 2.17. The van der Waals surface area contributed by atoms with Crippen molar-refractivity contribution in [2.24, 2.45) is 11.1 Å². The van der Waals surface area contributed by atoms with Crippen molar-refractivity contribution in [1.82, 2.24) is 4.90 Å². The van der Waals surface area contributed by atoms with Gasteiger partial charge in [0.1, 0.15) is 0 Å². The Morgan fingerprint density at radius 2 is 1.95 bits per heavy atom. The highest BCUT2D eigenvalue weighted by molar-refractivity contribution is 9.10. The summed E-state index contributed by atoms with van der Waals surface area (Å²) in [5.41, 5.74) is 0.301. The van der Waals surface area contributed by atoms with Gasteiger partial charge >= 0.3 is 0 Å². The summed E-state index contributed by atoms with van der Waals surface area (Å²) < 4.78 is 23.3. The third kappa shape index (κ3) is 4.88. The Labute approximate surface area is 128 Å². The van der Waals surface area contributed by atoms with Crippen LogP contribution in [-0.2, 0) is 10.0 Å². The zero-order valence-corrected chi connectivity index (χ0v) is 14.2. The van der Waals surface area contributed by atoms with Gasteiger partial charge < -0.3 is 4.90 Å². The lowest BCUT2D eigenvalue weighted by atomic mass is 10.1. The average molecular weight is 363 g/mol. The topological polar surface area (TPSA) is 80.5 Å². The Balaban J connectivity index is 3.02.